The molecular weight excluding hydrogens is 1180 g/mol. The van der Waals surface area contributed by atoms with Gasteiger partial charge in [-0.25, -0.2) is 0 Å². The lowest BCUT2D eigenvalue weighted by Crippen LogP contribution is -2.29. The van der Waals surface area contributed by atoms with Gasteiger partial charge in [0.05, 0.1) is 71.3 Å². The molecule has 0 N–H and O–H groups in total. The fourth-order valence-corrected chi connectivity index (χ4v) is 13.5. The van der Waals surface area contributed by atoms with Gasteiger partial charge in [-0.1, -0.05) is 311 Å². The van der Waals surface area contributed by atoms with E-state index in [0.717, 1.165) is 111 Å². The van der Waals surface area contributed by atoms with Crippen molar-refractivity contribution in [2.45, 2.75) is 81.6 Å². The van der Waals surface area contributed by atoms with Gasteiger partial charge in [-0.2, -0.15) is 0 Å². The van der Waals surface area contributed by atoms with E-state index in [1.807, 2.05) is 133 Å². The first kappa shape index (κ1) is 63.3. The summed E-state index contributed by atoms with van der Waals surface area (Å²) in [5.41, 5.74) is 25.4. The first-order valence-electron chi connectivity index (χ1n) is 32.8. The average Bonchev–Trinajstić information content (AvgIpc) is 1.56. The maximum Gasteiger partial charge on any atom is 0.261 e. The van der Waals surface area contributed by atoms with Gasteiger partial charge in [-0.15, -0.1) is 0 Å². The van der Waals surface area contributed by atoms with Crippen molar-refractivity contribution < 1.29 is 19.2 Å². The van der Waals surface area contributed by atoms with Crippen LogP contribution in [-0.4, -0.2) is 43.2 Å². The molecule has 0 bridgehead atoms. The number of carbonyl (C=O) groups excluding carboxylic acids is 4. The highest BCUT2D eigenvalue weighted by Gasteiger charge is 2.50. The van der Waals surface area contributed by atoms with Gasteiger partial charge < -0.3 is 19.6 Å². The van der Waals surface area contributed by atoms with Crippen LogP contribution in [0.5, 0.6) is 0 Å². The Hall–Kier alpha value is -11.5. The molecule has 96 heavy (non-hydrogen) atoms. The van der Waals surface area contributed by atoms with E-state index in [9.17, 15) is 9.59 Å². The molecule has 0 unspecified atom stereocenters. The van der Waals surface area contributed by atoms with Crippen molar-refractivity contribution in [1.82, 2.24) is 19.6 Å². The molecule has 0 fully saturated rings. The van der Waals surface area contributed by atoms with Crippen molar-refractivity contribution in [2.24, 2.45) is 0 Å². The van der Waals surface area contributed by atoms with E-state index in [1.54, 1.807) is 9.80 Å². The molecule has 8 nitrogen and oxygen atoms in total. The molecule has 14 rings (SSSR count). The molecule has 4 heterocycles. The summed E-state index contributed by atoms with van der Waals surface area (Å²) >= 11 is 0. The molecule has 4 amide bonds. The van der Waals surface area contributed by atoms with Crippen LogP contribution in [0.3, 0.4) is 0 Å². The lowest BCUT2D eigenvalue weighted by atomic mass is 10.0. The predicted molar refractivity (Wildman–Crippen MR) is 390 cm³/mol. The Bertz CT molecular complexity index is 4510. The Morgan fingerprint density at radius 3 is 0.708 bits per heavy atom. The minimum absolute atomic E-state index is 0.138. The first-order chi connectivity index (χ1) is 46.5. The third-order valence-corrected chi connectivity index (χ3v) is 18.1. The van der Waals surface area contributed by atoms with Crippen molar-refractivity contribution >= 4 is 70.7 Å². The van der Waals surface area contributed by atoms with Crippen LogP contribution < -0.4 is 0 Å². The third-order valence-electron chi connectivity index (χ3n) is 18.1. The van der Waals surface area contributed by atoms with Crippen LogP contribution in [0.15, 0.2) is 265 Å². The molecule has 0 spiro atoms. The molecule has 4 aliphatic rings. The molecule has 0 saturated carbocycles. The number of aryl methyl sites for hydroxylation is 8. The monoisotopic (exact) mass is 1250 g/mol. The van der Waals surface area contributed by atoms with Crippen LogP contribution in [-0.2, 0) is 45.4 Å². The standard InChI is InChI=1S/C52H44N2O2.C36H32N2O2/c1-35-27-36(2)30-43(29-35)33-53-49(45-23-19-41(20-24-45)17-15-39-11-7-5-8-12-39)47-48(51(53)55)50(54(52(47)56)34-44-31-37(3)28-38(4)32-44)46-25-21-42(22-26-46)18-16-40-13-9-6-10-14-40;1-23-5-13-27(14-6-23)21-37-33(29-17-9-25(3)10-18-29)31-32(35(37)39)34(30-19-11-26(4)12-20-30)38(36(31)40)22-28-15-7-24(2)8-16-28/h5-32H,33-34H2,1-4H3;5-20H,21-22H2,1-4H3/b17-15+,18-16+;. The number of carbonyl (C=O) groups is 4. The summed E-state index contributed by atoms with van der Waals surface area (Å²) in [7, 11) is 0. The molecule has 0 saturated heterocycles. The summed E-state index contributed by atoms with van der Waals surface area (Å²) in [5.74, 6) is -0.606. The lowest BCUT2D eigenvalue weighted by molar-refractivity contribution is -0.124. The smallest absolute Gasteiger partial charge is 0.261 e. The van der Waals surface area contributed by atoms with Gasteiger partial charge in [0.25, 0.3) is 23.6 Å². The van der Waals surface area contributed by atoms with Crippen LogP contribution in [0.2, 0.25) is 0 Å². The SMILES string of the molecule is Cc1cc(C)cc(CN2C(=O)C3=C(c4ccc(/C=C/c5ccccc5)cc4)N(Cc4cc(C)cc(C)c4)C(=O)C3=C2c2ccc(/C=C/c3ccccc3)cc2)c1.Cc1ccc(CN2C(=O)C3=C(c4ccc(C)cc4)N(Cc4ccc(C)cc4)C(=O)C3=C2c2ccc(C)cc2)cc1. The molecule has 0 atom stereocenters. The van der Waals surface area contributed by atoms with Gasteiger partial charge >= 0.3 is 0 Å². The Balaban J connectivity index is 0.000000183. The van der Waals surface area contributed by atoms with Gasteiger partial charge in [0.1, 0.15) is 0 Å². The van der Waals surface area contributed by atoms with Gasteiger partial charge in [0, 0.05) is 0 Å². The minimum atomic E-state index is -0.165. The number of hydrogen-bond donors (Lipinski definition) is 0. The summed E-state index contributed by atoms with van der Waals surface area (Å²) in [4.78, 5) is 66.1. The highest BCUT2D eigenvalue weighted by atomic mass is 16.2. The van der Waals surface area contributed by atoms with Crippen LogP contribution in [0.4, 0.5) is 0 Å². The van der Waals surface area contributed by atoms with Crippen molar-refractivity contribution in [3.63, 3.8) is 0 Å². The van der Waals surface area contributed by atoms with Crippen LogP contribution in [0, 0.1) is 55.4 Å². The Morgan fingerprint density at radius 1 is 0.229 bits per heavy atom. The van der Waals surface area contributed by atoms with Gasteiger partial charge in [-0.3, -0.25) is 19.2 Å². The van der Waals surface area contributed by atoms with E-state index in [1.165, 1.54) is 0 Å². The third kappa shape index (κ3) is 13.4. The van der Waals surface area contributed by atoms with Crippen molar-refractivity contribution in [1.29, 1.82) is 0 Å². The fraction of sp³-hybridized carbons (Fsp3) is 0.136. The second-order valence-corrected chi connectivity index (χ2v) is 25.9. The number of amides is 4. The summed E-state index contributed by atoms with van der Waals surface area (Å²) < 4.78 is 0. The molecule has 8 heteroatoms. The van der Waals surface area contributed by atoms with Gasteiger partial charge in [-0.05, 0) is 122 Å². The maximum atomic E-state index is 15.1. The molecular formula is C88H76N4O4. The van der Waals surface area contributed by atoms with Crippen molar-refractivity contribution in [3.8, 4) is 0 Å². The van der Waals surface area contributed by atoms with Gasteiger partial charge in [0.15, 0.2) is 0 Å². The van der Waals surface area contributed by atoms with E-state index in [0.29, 0.717) is 71.3 Å². The van der Waals surface area contributed by atoms with E-state index < -0.39 is 0 Å². The Kier molecular flexibility index (Phi) is 18.0. The second kappa shape index (κ2) is 27.2. The highest BCUT2D eigenvalue weighted by molar-refractivity contribution is 6.31. The second-order valence-electron chi connectivity index (χ2n) is 25.9. The van der Waals surface area contributed by atoms with E-state index in [-0.39, 0.29) is 23.6 Å². The average molecular weight is 1250 g/mol. The van der Waals surface area contributed by atoms with Crippen LogP contribution in [0.25, 0.3) is 47.1 Å². The molecule has 472 valence electrons. The largest absolute Gasteiger partial charge is 0.302 e. The number of nitrogens with zero attached hydrogens (tertiary/aromatic N) is 4. The number of rotatable bonds is 16. The number of benzene rings is 10. The number of fused-ring (bicyclic) bond motifs is 2. The van der Waals surface area contributed by atoms with Crippen molar-refractivity contribution in [3.05, 3.63) is 376 Å². The quantitative estimate of drug-likeness (QED) is 0.0903. The zero-order valence-corrected chi connectivity index (χ0v) is 55.7. The molecule has 0 aromatic heterocycles. The molecule has 0 aliphatic carbocycles. The molecule has 10 aromatic rings. The van der Waals surface area contributed by atoms with Crippen LogP contribution in [0.1, 0.15) is 111 Å². The van der Waals surface area contributed by atoms with Crippen LogP contribution >= 0.6 is 0 Å². The van der Waals surface area contributed by atoms with Crippen molar-refractivity contribution in [2.75, 3.05) is 0 Å². The molecule has 10 aromatic carbocycles. The highest BCUT2D eigenvalue weighted by Crippen LogP contribution is 2.50. The Labute approximate surface area is 564 Å². The van der Waals surface area contributed by atoms with E-state index in [2.05, 4.69) is 199 Å². The summed E-state index contributed by atoms with van der Waals surface area (Å²) in [6.07, 6.45) is 8.34. The van der Waals surface area contributed by atoms with E-state index >= 15 is 9.59 Å². The zero-order chi connectivity index (χ0) is 66.7. The van der Waals surface area contributed by atoms with Gasteiger partial charge in [0.2, 0.25) is 0 Å². The zero-order valence-electron chi connectivity index (χ0n) is 55.7. The minimum Gasteiger partial charge on any atom is -0.302 e. The Morgan fingerprint density at radius 2 is 0.448 bits per heavy atom. The lowest BCUT2D eigenvalue weighted by Gasteiger charge is -2.26. The fourth-order valence-electron chi connectivity index (χ4n) is 13.5. The normalized spacial score (nSPS) is 14.6. The van der Waals surface area contributed by atoms with E-state index in [4.69, 9.17) is 0 Å². The number of hydrogen-bond acceptors (Lipinski definition) is 4. The molecule has 0 radical (unpaired) electrons. The topological polar surface area (TPSA) is 81.2 Å². The molecule has 4 aliphatic heterocycles. The first-order valence-corrected chi connectivity index (χ1v) is 32.8. The summed E-state index contributed by atoms with van der Waals surface area (Å²) in [6.45, 7) is 18.0. The maximum absolute atomic E-state index is 15.1. The summed E-state index contributed by atoms with van der Waals surface area (Å²) in [6, 6.07) is 82.1. The summed E-state index contributed by atoms with van der Waals surface area (Å²) in [5, 5.41) is 0. The predicted octanol–water partition coefficient (Wildman–Crippen LogP) is 18.6.